The van der Waals surface area contributed by atoms with E-state index in [1.54, 1.807) is 4.57 Å². The normalized spacial score (nSPS) is 22.4. The maximum atomic E-state index is 10.1. The first-order chi connectivity index (χ1) is 13.2. The van der Waals surface area contributed by atoms with E-state index in [1.807, 2.05) is 18.2 Å². The topological polar surface area (TPSA) is 131 Å². The Morgan fingerprint density at radius 2 is 2.07 bits per heavy atom. The third-order valence-corrected chi connectivity index (χ3v) is 4.72. The predicted molar refractivity (Wildman–Crippen MR) is 100.0 cm³/mol. The molecule has 4 rings (SSSR count). The Kier molecular flexibility index (Phi) is 4.88. The van der Waals surface area contributed by atoms with Crippen molar-refractivity contribution in [1.82, 2.24) is 19.5 Å². The summed E-state index contributed by atoms with van der Waals surface area (Å²) in [6, 6.07) is 10.1. The van der Waals surface area contributed by atoms with Crippen LogP contribution in [0.3, 0.4) is 0 Å². The van der Waals surface area contributed by atoms with Crippen LogP contribution in [-0.4, -0.2) is 55.1 Å². The second-order valence-electron chi connectivity index (χ2n) is 6.51. The van der Waals surface area contributed by atoms with Crippen LogP contribution in [0.2, 0.25) is 0 Å². The molecule has 1 fully saturated rings. The highest BCUT2D eigenvalue weighted by atomic mass is 16.5. The smallest absolute Gasteiger partial charge is 0.207 e. The van der Waals surface area contributed by atoms with Gasteiger partial charge in [0.25, 0.3) is 0 Å². The predicted octanol–water partition coefficient (Wildman–Crippen LogP) is 0.704. The molecule has 5 N–H and O–H groups in total. The lowest BCUT2D eigenvalue weighted by atomic mass is 10.1. The number of ether oxygens (including phenoxy) is 1. The molecule has 3 heterocycles. The van der Waals surface area contributed by atoms with Crippen LogP contribution in [-0.2, 0) is 11.2 Å². The number of benzene rings is 1. The zero-order valence-electron chi connectivity index (χ0n) is 14.7. The van der Waals surface area contributed by atoms with Crippen LogP contribution in [0.1, 0.15) is 18.2 Å². The van der Waals surface area contributed by atoms with Crippen LogP contribution in [0, 0.1) is 0 Å². The number of nitrogens with zero attached hydrogens (tertiary/aromatic N) is 4. The SMILES string of the molecule is Nc1ncnc2c1nc(NCCc1ccccc1)n2[C@H]1CC(O)[C@@H](CO)O1. The number of hydrogen-bond acceptors (Lipinski definition) is 8. The Hall–Kier alpha value is -2.75. The lowest BCUT2D eigenvalue weighted by Crippen LogP contribution is -2.24. The zero-order valence-corrected chi connectivity index (χ0v) is 14.7. The molecule has 9 heteroatoms. The van der Waals surface area contributed by atoms with Gasteiger partial charge in [-0.15, -0.1) is 0 Å². The Labute approximate surface area is 155 Å². The third-order valence-electron chi connectivity index (χ3n) is 4.72. The lowest BCUT2D eigenvalue weighted by molar-refractivity contribution is -0.0425. The highest BCUT2D eigenvalue weighted by molar-refractivity contribution is 5.84. The number of anilines is 2. The van der Waals surface area contributed by atoms with Crippen molar-refractivity contribution in [2.75, 3.05) is 24.2 Å². The number of aliphatic hydroxyl groups is 2. The molecule has 0 saturated carbocycles. The van der Waals surface area contributed by atoms with Crippen molar-refractivity contribution in [2.24, 2.45) is 0 Å². The van der Waals surface area contributed by atoms with Gasteiger partial charge < -0.3 is 26.0 Å². The standard InChI is InChI=1S/C18H22N6O3/c19-16-15-17(22-10-21-16)24(14-8-12(26)13(9-25)27-14)18(23-15)20-7-6-11-4-2-1-3-5-11/h1-5,10,12-14,25-26H,6-9H2,(H,20,23)(H2,19,21,22)/t12?,13-,14-/m1/s1. The van der Waals surface area contributed by atoms with E-state index < -0.39 is 18.4 Å². The molecule has 1 saturated heterocycles. The van der Waals surface area contributed by atoms with E-state index in [9.17, 15) is 10.2 Å². The van der Waals surface area contributed by atoms with Crippen LogP contribution in [0.25, 0.3) is 11.2 Å². The highest BCUT2D eigenvalue weighted by Gasteiger charge is 2.36. The van der Waals surface area contributed by atoms with Gasteiger partial charge in [-0.3, -0.25) is 4.57 Å². The summed E-state index contributed by atoms with van der Waals surface area (Å²) < 4.78 is 7.58. The molecule has 3 atom stereocenters. The lowest BCUT2D eigenvalue weighted by Gasteiger charge is -2.17. The second-order valence-corrected chi connectivity index (χ2v) is 6.51. The van der Waals surface area contributed by atoms with Crippen molar-refractivity contribution < 1.29 is 14.9 Å². The Balaban J connectivity index is 1.62. The van der Waals surface area contributed by atoms with Gasteiger partial charge >= 0.3 is 0 Å². The van der Waals surface area contributed by atoms with E-state index in [4.69, 9.17) is 10.5 Å². The second kappa shape index (κ2) is 7.47. The zero-order chi connectivity index (χ0) is 18.8. The Morgan fingerprint density at radius 1 is 1.26 bits per heavy atom. The van der Waals surface area contributed by atoms with E-state index in [1.165, 1.54) is 11.9 Å². The average molecular weight is 370 g/mol. The van der Waals surface area contributed by atoms with Crippen LogP contribution < -0.4 is 11.1 Å². The minimum absolute atomic E-state index is 0.252. The number of nitrogens with two attached hydrogens (primary N) is 1. The van der Waals surface area contributed by atoms with Crippen LogP contribution in [0.15, 0.2) is 36.7 Å². The van der Waals surface area contributed by atoms with E-state index >= 15 is 0 Å². The molecule has 1 aliphatic rings. The van der Waals surface area contributed by atoms with E-state index in [0.717, 1.165) is 6.42 Å². The summed E-state index contributed by atoms with van der Waals surface area (Å²) in [6.45, 7) is 0.400. The summed E-state index contributed by atoms with van der Waals surface area (Å²) in [7, 11) is 0. The summed E-state index contributed by atoms with van der Waals surface area (Å²) in [4.78, 5) is 12.8. The third kappa shape index (κ3) is 3.44. The highest BCUT2D eigenvalue weighted by Crippen LogP contribution is 2.34. The molecule has 2 aromatic heterocycles. The van der Waals surface area contributed by atoms with Crippen LogP contribution in [0.4, 0.5) is 11.8 Å². The van der Waals surface area contributed by atoms with Gasteiger partial charge in [0.05, 0.1) is 12.7 Å². The monoisotopic (exact) mass is 370 g/mol. The number of imidazole rings is 1. The number of aromatic nitrogens is 4. The van der Waals surface area contributed by atoms with Gasteiger partial charge in [0.15, 0.2) is 17.0 Å². The molecule has 0 aliphatic carbocycles. The molecular formula is C18H22N6O3. The maximum absolute atomic E-state index is 10.1. The Bertz CT molecular complexity index is 916. The van der Waals surface area contributed by atoms with Crippen LogP contribution >= 0.6 is 0 Å². The summed E-state index contributed by atoms with van der Waals surface area (Å²) in [6.07, 6.45) is 0.624. The minimum atomic E-state index is -0.756. The first-order valence-electron chi connectivity index (χ1n) is 8.88. The first kappa shape index (κ1) is 17.7. The van der Waals surface area contributed by atoms with Gasteiger partial charge in [0, 0.05) is 13.0 Å². The van der Waals surface area contributed by atoms with Crippen LogP contribution in [0.5, 0.6) is 0 Å². The van der Waals surface area contributed by atoms with Gasteiger partial charge in [-0.05, 0) is 12.0 Å². The largest absolute Gasteiger partial charge is 0.394 e. The van der Waals surface area contributed by atoms with E-state index in [2.05, 4.69) is 32.4 Å². The molecular weight excluding hydrogens is 348 g/mol. The molecule has 1 aromatic carbocycles. The summed E-state index contributed by atoms with van der Waals surface area (Å²) >= 11 is 0. The first-order valence-corrected chi connectivity index (χ1v) is 8.88. The van der Waals surface area contributed by atoms with Crippen molar-refractivity contribution in [3.8, 4) is 0 Å². The van der Waals surface area contributed by atoms with Gasteiger partial charge in [0.2, 0.25) is 5.95 Å². The number of nitrogens with one attached hydrogen (secondary N) is 1. The maximum Gasteiger partial charge on any atom is 0.207 e. The molecule has 1 aliphatic heterocycles. The molecule has 27 heavy (non-hydrogen) atoms. The fourth-order valence-electron chi connectivity index (χ4n) is 3.32. The number of aliphatic hydroxyl groups excluding tert-OH is 2. The molecule has 0 radical (unpaired) electrons. The van der Waals surface area contributed by atoms with Crippen molar-refractivity contribution in [2.45, 2.75) is 31.3 Å². The van der Waals surface area contributed by atoms with Gasteiger partial charge in [-0.25, -0.2) is 15.0 Å². The number of nitrogen functional groups attached to an aromatic ring is 1. The van der Waals surface area contributed by atoms with Gasteiger partial charge in [-0.1, -0.05) is 30.3 Å². The molecule has 0 bridgehead atoms. The van der Waals surface area contributed by atoms with E-state index in [0.29, 0.717) is 30.1 Å². The van der Waals surface area contributed by atoms with Crippen molar-refractivity contribution in [3.63, 3.8) is 0 Å². The molecule has 9 nitrogen and oxygen atoms in total. The fourth-order valence-corrected chi connectivity index (χ4v) is 3.32. The Morgan fingerprint density at radius 3 is 2.81 bits per heavy atom. The molecule has 0 amide bonds. The average Bonchev–Trinajstić information content (AvgIpc) is 3.23. The van der Waals surface area contributed by atoms with Crippen molar-refractivity contribution in [3.05, 3.63) is 42.2 Å². The van der Waals surface area contributed by atoms with Crippen molar-refractivity contribution in [1.29, 1.82) is 0 Å². The number of rotatable bonds is 6. The molecule has 3 aromatic rings. The molecule has 0 spiro atoms. The van der Waals surface area contributed by atoms with Crippen molar-refractivity contribution >= 4 is 22.9 Å². The van der Waals surface area contributed by atoms with E-state index in [-0.39, 0.29) is 12.4 Å². The molecule has 142 valence electrons. The molecule has 1 unspecified atom stereocenters. The summed E-state index contributed by atoms with van der Waals surface area (Å²) in [5.41, 5.74) is 8.17. The van der Waals surface area contributed by atoms with Gasteiger partial charge in [0.1, 0.15) is 18.7 Å². The number of fused-ring (bicyclic) bond motifs is 1. The quantitative estimate of drug-likeness (QED) is 0.499. The summed E-state index contributed by atoms with van der Waals surface area (Å²) in [5.74, 6) is 0.825. The summed E-state index contributed by atoms with van der Waals surface area (Å²) in [5, 5.41) is 22.8. The minimum Gasteiger partial charge on any atom is -0.394 e. The van der Waals surface area contributed by atoms with Gasteiger partial charge in [-0.2, -0.15) is 0 Å². The fraction of sp³-hybridized carbons (Fsp3) is 0.389. The number of hydrogen-bond donors (Lipinski definition) is 4.